The average molecular weight is 302 g/mol. The van der Waals surface area contributed by atoms with Crippen LogP contribution in [0.3, 0.4) is 0 Å². The first-order valence-electron chi connectivity index (χ1n) is 4.25. The van der Waals surface area contributed by atoms with Crippen molar-refractivity contribution in [2.45, 2.75) is 0 Å². The highest BCUT2D eigenvalue weighted by Gasteiger charge is 2.15. The zero-order valence-corrected chi connectivity index (χ0v) is 10.2. The number of hydrogen-bond acceptors (Lipinski definition) is 3. The van der Waals surface area contributed by atoms with Crippen molar-refractivity contribution in [1.82, 2.24) is 15.4 Å². The minimum absolute atomic E-state index is 0.106. The summed E-state index contributed by atoms with van der Waals surface area (Å²) in [7, 11) is 0. The number of nitrogens with two attached hydrogens (primary N) is 1. The second-order valence-electron chi connectivity index (χ2n) is 3.01. The highest BCUT2D eigenvalue weighted by molar-refractivity contribution is 9.10. The van der Waals surface area contributed by atoms with Crippen LogP contribution >= 0.6 is 27.5 Å². The normalized spacial score (nSPS) is 10.4. The minimum Gasteiger partial charge on any atom is -0.364 e. The second-order valence-corrected chi connectivity index (χ2v) is 4.28. The number of nitrogens with zero attached hydrogens (tertiary/aromatic N) is 2. The Bertz CT molecular complexity index is 554. The third-order valence-corrected chi connectivity index (χ3v) is 3.19. The van der Waals surface area contributed by atoms with E-state index in [0.29, 0.717) is 20.8 Å². The average Bonchev–Trinajstić information content (AvgIpc) is 2.71. The van der Waals surface area contributed by atoms with E-state index in [0.717, 1.165) is 0 Å². The van der Waals surface area contributed by atoms with E-state index in [1.54, 1.807) is 18.2 Å². The van der Waals surface area contributed by atoms with Crippen LogP contribution in [0.4, 0.5) is 0 Å². The third kappa shape index (κ3) is 1.94. The Balaban J connectivity index is 2.54. The van der Waals surface area contributed by atoms with E-state index in [1.807, 2.05) is 0 Å². The summed E-state index contributed by atoms with van der Waals surface area (Å²) in [5.74, 6) is -0.630. The molecule has 0 spiro atoms. The number of amides is 1. The number of benzene rings is 1. The summed E-state index contributed by atoms with van der Waals surface area (Å²) in [5, 5.41) is 10.5. The predicted molar refractivity (Wildman–Crippen MR) is 63.0 cm³/mol. The van der Waals surface area contributed by atoms with Gasteiger partial charge in [-0.3, -0.25) is 4.79 Å². The molecule has 1 aromatic heterocycles. The number of nitrogens with one attached hydrogen (secondary N) is 1. The molecule has 82 valence electrons. The fraction of sp³-hybridized carbons (Fsp3) is 0. The molecule has 0 saturated heterocycles. The van der Waals surface area contributed by atoms with Crippen LogP contribution in [0.5, 0.6) is 0 Å². The van der Waals surface area contributed by atoms with Crippen molar-refractivity contribution < 1.29 is 4.79 Å². The zero-order valence-electron chi connectivity index (χ0n) is 7.87. The van der Waals surface area contributed by atoms with E-state index in [2.05, 4.69) is 31.3 Å². The second kappa shape index (κ2) is 4.23. The van der Waals surface area contributed by atoms with Gasteiger partial charge >= 0.3 is 0 Å². The molecule has 0 aliphatic carbocycles. The van der Waals surface area contributed by atoms with E-state index < -0.39 is 5.91 Å². The molecule has 0 atom stereocenters. The molecular weight excluding hydrogens is 295 g/mol. The standard InChI is InChI=1S/C9H6BrClN4O/c10-5-3-4(1-2-6(5)11)7-8(9(12)16)14-15-13-7/h1-3H,(H2,12,16)(H,13,14,15). The van der Waals surface area contributed by atoms with Crippen molar-refractivity contribution in [2.75, 3.05) is 0 Å². The molecule has 16 heavy (non-hydrogen) atoms. The molecule has 0 fully saturated rings. The number of primary amides is 1. The van der Waals surface area contributed by atoms with Gasteiger partial charge in [0.1, 0.15) is 5.69 Å². The van der Waals surface area contributed by atoms with Gasteiger partial charge in [0.15, 0.2) is 5.69 Å². The van der Waals surface area contributed by atoms with Gasteiger partial charge in [-0.1, -0.05) is 17.7 Å². The fourth-order valence-corrected chi connectivity index (χ4v) is 1.74. The first kappa shape index (κ1) is 11.1. The smallest absolute Gasteiger partial charge is 0.271 e. The summed E-state index contributed by atoms with van der Waals surface area (Å²) in [6.07, 6.45) is 0. The zero-order chi connectivity index (χ0) is 11.7. The molecule has 2 rings (SSSR count). The molecule has 1 amide bonds. The van der Waals surface area contributed by atoms with Gasteiger partial charge in [0.2, 0.25) is 0 Å². The van der Waals surface area contributed by atoms with Crippen molar-refractivity contribution in [1.29, 1.82) is 0 Å². The summed E-state index contributed by atoms with van der Waals surface area (Å²) < 4.78 is 0.713. The van der Waals surface area contributed by atoms with Crippen LogP contribution in [0, 0.1) is 0 Å². The fourth-order valence-electron chi connectivity index (χ4n) is 1.25. The van der Waals surface area contributed by atoms with Gasteiger partial charge in [-0.15, -0.1) is 0 Å². The largest absolute Gasteiger partial charge is 0.364 e. The van der Waals surface area contributed by atoms with Crippen LogP contribution in [0.1, 0.15) is 10.5 Å². The summed E-state index contributed by atoms with van der Waals surface area (Å²) >= 11 is 9.15. The molecule has 5 nitrogen and oxygen atoms in total. The Morgan fingerprint density at radius 2 is 2.19 bits per heavy atom. The summed E-state index contributed by atoms with van der Waals surface area (Å²) in [6, 6.07) is 5.17. The van der Waals surface area contributed by atoms with Crippen molar-refractivity contribution >= 4 is 33.4 Å². The van der Waals surface area contributed by atoms with Crippen molar-refractivity contribution in [3.05, 3.63) is 33.4 Å². The maximum Gasteiger partial charge on any atom is 0.271 e. The number of carbonyl (C=O) groups excluding carboxylic acids is 1. The maximum atomic E-state index is 11.1. The number of halogens is 2. The topological polar surface area (TPSA) is 84.7 Å². The van der Waals surface area contributed by atoms with Crippen molar-refractivity contribution in [3.63, 3.8) is 0 Å². The monoisotopic (exact) mass is 300 g/mol. The molecule has 3 N–H and O–H groups in total. The first-order chi connectivity index (χ1) is 7.59. The Kier molecular flexibility index (Phi) is 2.93. The Hall–Kier alpha value is -1.40. The van der Waals surface area contributed by atoms with Gasteiger partial charge < -0.3 is 5.73 Å². The van der Waals surface area contributed by atoms with Gasteiger partial charge in [-0.05, 0) is 28.1 Å². The molecule has 7 heteroatoms. The van der Waals surface area contributed by atoms with Crippen molar-refractivity contribution in [2.24, 2.45) is 5.73 Å². The number of aromatic nitrogens is 3. The number of hydrogen-bond donors (Lipinski definition) is 2. The Morgan fingerprint density at radius 1 is 1.44 bits per heavy atom. The Labute approximate surface area is 104 Å². The molecule has 0 aliphatic rings. The minimum atomic E-state index is -0.630. The van der Waals surface area contributed by atoms with Gasteiger partial charge in [-0.2, -0.15) is 15.4 Å². The van der Waals surface area contributed by atoms with E-state index in [1.165, 1.54) is 0 Å². The molecule has 2 aromatic rings. The van der Waals surface area contributed by atoms with Crippen LogP contribution in [0.25, 0.3) is 11.3 Å². The predicted octanol–water partition coefficient (Wildman–Crippen LogP) is 1.99. The van der Waals surface area contributed by atoms with Gasteiger partial charge in [-0.25, -0.2) is 0 Å². The van der Waals surface area contributed by atoms with E-state index in [4.69, 9.17) is 17.3 Å². The molecule has 0 unspecified atom stereocenters. The van der Waals surface area contributed by atoms with Crippen LogP contribution in [0.15, 0.2) is 22.7 Å². The number of aromatic amines is 1. The first-order valence-corrected chi connectivity index (χ1v) is 5.42. The lowest BCUT2D eigenvalue weighted by atomic mass is 10.1. The van der Waals surface area contributed by atoms with E-state index >= 15 is 0 Å². The summed E-state index contributed by atoms with van der Waals surface area (Å²) in [5.41, 5.74) is 6.39. The quantitative estimate of drug-likeness (QED) is 0.889. The molecule has 0 saturated carbocycles. The highest BCUT2D eigenvalue weighted by atomic mass is 79.9. The molecule has 1 heterocycles. The lowest BCUT2D eigenvalue weighted by molar-refractivity contribution is 0.0996. The van der Waals surface area contributed by atoms with Crippen LogP contribution in [-0.2, 0) is 0 Å². The summed E-state index contributed by atoms with van der Waals surface area (Å²) in [6.45, 7) is 0. The van der Waals surface area contributed by atoms with Gasteiger partial charge in [0, 0.05) is 10.0 Å². The summed E-state index contributed by atoms with van der Waals surface area (Å²) in [4.78, 5) is 11.1. The molecule has 0 bridgehead atoms. The third-order valence-electron chi connectivity index (χ3n) is 1.97. The van der Waals surface area contributed by atoms with Gasteiger partial charge in [0.05, 0.1) is 5.02 Å². The number of H-pyrrole nitrogens is 1. The maximum absolute atomic E-state index is 11.1. The van der Waals surface area contributed by atoms with Crippen molar-refractivity contribution in [3.8, 4) is 11.3 Å². The van der Waals surface area contributed by atoms with Crippen LogP contribution in [-0.4, -0.2) is 21.3 Å². The molecule has 0 aliphatic heterocycles. The van der Waals surface area contributed by atoms with Gasteiger partial charge in [0.25, 0.3) is 5.91 Å². The SMILES string of the molecule is NC(=O)c1n[nH]nc1-c1ccc(Cl)c(Br)c1. The number of carbonyl (C=O) groups is 1. The lowest BCUT2D eigenvalue weighted by Crippen LogP contribution is -2.12. The number of rotatable bonds is 2. The Morgan fingerprint density at radius 3 is 2.81 bits per heavy atom. The van der Waals surface area contributed by atoms with E-state index in [9.17, 15) is 4.79 Å². The van der Waals surface area contributed by atoms with Crippen LogP contribution in [0.2, 0.25) is 5.02 Å². The lowest BCUT2D eigenvalue weighted by Gasteiger charge is -2.00. The molecule has 1 aromatic carbocycles. The molecular formula is C9H6BrClN4O. The molecule has 0 radical (unpaired) electrons. The van der Waals surface area contributed by atoms with E-state index in [-0.39, 0.29) is 5.69 Å². The highest BCUT2D eigenvalue weighted by Crippen LogP contribution is 2.28. The van der Waals surface area contributed by atoms with Crippen LogP contribution < -0.4 is 5.73 Å².